The molecule has 35 heavy (non-hydrogen) atoms. The van der Waals surface area contributed by atoms with Crippen molar-refractivity contribution >= 4 is 18.3 Å². The molecule has 0 spiro atoms. The lowest BCUT2D eigenvalue weighted by molar-refractivity contribution is -0.137. The number of alkyl halides is 3. The molecule has 2 saturated heterocycles. The average molecular weight is 512 g/mol. The summed E-state index contributed by atoms with van der Waals surface area (Å²) in [6.45, 7) is 4.58. The summed E-state index contributed by atoms with van der Waals surface area (Å²) in [5, 5.41) is 3.16. The minimum atomic E-state index is -4.36. The number of rotatable bonds is 6. The summed E-state index contributed by atoms with van der Waals surface area (Å²) in [6.07, 6.45) is 0.0256. The van der Waals surface area contributed by atoms with Crippen molar-refractivity contribution in [3.63, 3.8) is 0 Å². The number of benzene rings is 2. The molecule has 0 saturated carbocycles. The van der Waals surface area contributed by atoms with Gasteiger partial charge in [-0.3, -0.25) is 4.79 Å². The Morgan fingerprint density at radius 1 is 0.943 bits per heavy atom. The molecule has 2 heterocycles. The minimum Gasteiger partial charge on any atom is -0.489 e. The summed E-state index contributed by atoms with van der Waals surface area (Å²) in [5.41, 5.74) is 0.724. The first kappa shape index (κ1) is 27.3. The molecule has 2 aliphatic rings. The molecule has 1 N–H and O–H groups in total. The smallest absolute Gasteiger partial charge is 0.416 e. The molecule has 192 valence electrons. The van der Waals surface area contributed by atoms with Crippen molar-refractivity contribution in [3.8, 4) is 5.75 Å². The number of hydrogen-bond donors (Lipinski definition) is 1. The topological polar surface area (TPSA) is 44.8 Å². The van der Waals surface area contributed by atoms with Crippen LogP contribution in [0, 0.1) is 0 Å². The third kappa shape index (κ3) is 7.59. The van der Waals surface area contributed by atoms with Crippen molar-refractivity contribution in [2.45, 2.75) is 50.6 Å². The van der Waals surface area contributed by atoms with Gasteiger partial charge in [0.05, 0.1) is 5.56 Å². The van der Waals surface area contributed by atoms with E-state index in [0.717, 1.165) is 56.7 Å². The highest BCUT2D eigenvalue weighted by atomic mass is 35.5. The predicted molar refractivity (Wildman–Crippen MR) is 132 cm³/mol. The Morgan fingerprint density at radius 3 is 2.11 bits per heavy atom. The van der Waals surface area contributed by atoms with E-state index in [1.54, 1.807) is 12.1 Å². The number of piperidine rings is 2. The van der Waals surface area contributed by atoms with Gasteiger partial charge in [-0.2, -0.15) is 13.2 Å². The van der Waals surface area contributed by atoms with E-state index in [1.807, 2.05) is 12.1 Å². The van der Waals surface area contributed by atoms with Crippen LogP contribution in [0.5, 0.6) is 5.75 Å². The van der Waals surface area contributed by atoms with Gasteiger partial charge in [0.15, 0.2) is 0 Å². The second-order valence-corrected chi connectivity index (χ2v) is 9.33. The van der Waals surface area contributed by atoms with Gasteiger partial charge < -0.3 is 19.9 Å². The molecular weight excluding hydrogens is 479 g/mol. The van der Waals surface area contributed by atoms with Gasteiger partial charge in [0.2, 0.25) is 0 Å². The van der Waals surface area contributed by atoms with Crippen LogP contribution in [0.15, 0.2) is 48.5 Å². The standard InChI is InChI=1S/C26H32F3N3O2.ClH/c1-31-14-12-23(13-15-31)32-16-10-22(11-17-32)30-25(33)20-4-2-19(3-5-20)18-34-24-8-6-21(7-9-24)26(27,28)29;/h2-9,22-23H,10-18H2,1H3,(H,30,33);1H. The zero-order chi connectivity index (χ0) is 24.1. The Hall–Kier alpha value is -2.29. The number of likely N-dealkylation sites (tertiary alicyclic amines) is 2. The van der Waals surface area contributed by atoms with Gasteiger partial charge in [-0.25, -0.2) is 0 Å². The van der Waals surface area contributed by atoms with Crippen molar-refractivity contribution in [1.29, 1.82) is 0 Å². The summed E-state index contributed by atoms with van der Waals surface area (Å²) >= 11 is 0. The van der Waals surface area contributed by atoms with E-state index in [0.29, 0.717) is 17.4 Å². The van der Waals surface area contributed by atoms with Crippen LogP contribution >= 0.6 is 12.4 Å². The van der Waals surface area contributed by atoms with Crippen LogP contribution in [0.25, 0.3) is 0 Å². The maximum atomic E-state index is 12.7. The summed E-state index contributed by atoms with van der Waals surface area (Å²) in [6, 6.07) is 12.6. The van der Waals surface area contributed by atoms with E-state index >= 15 is 0 Å². The van der Waals surface area contributed by atoms with Crippen LogP contribution < -0.4 is 10.1 Å². The predicted octanol–water partition coefficient (Wildman–Crippen LogP) is 4.99. The number of nitrogens with zero attached hydrogens (tertiary/aromatic N) is 2. The summed E-state index contributed by atoms with van der Waals surface area (Å²) in [5.74, 6) is 0.286. The highest BCUT2D eigenvalue weighted by Crippen LogP contribution is 2.30. The van der Waals surface area contributed by atoms with E-state index in [2.05, 4.69) is 22.2 Å². The third-order valence-corrected chi connectivity index (χ3v) is 6.87. The zero-order valence-electron chi connectivity index (χ0n) is 19.9. The molecule has 0 bridgehead atoms. The highest BCUT2D eigenvalue weighted by Gasteiger charge is 2.30. The van der Waals surface area contributed by atoms with E-state index in [1.165, 1.54) is 25.0 Å². The lowest BCUT2D eigenvalue weighted by atomic mass is 9.98. The Balaban J connectivity index is 0.00000342. The summed E-state index contributed by atoms with van der Waals surface area (Å²) < 4.78 is 43.5. The van der Waals surface area contributed by atoms with Gasteiger partial charge >= 0.3 is 6.18 Å². The van der Waals surface area contributed by atoms with Gasteiger partial charge in [-0.05, 0) is 87.8 Å². The molecule has 9 heteroatoms. The maximum absolute atomic E-state index is 12.7. The Morgan fingerprint density at radius 2 is 1.54 bits per heavy atom. The Kier molecular flexibility index (Phi) is 9.44. The van der Waals surface area contributed by atoms with Crippen LogP contribution in [0.4, 0.5) is 13.2 Å². The molecular formula is C26H33ClF3N3O2. The van der Waals surface area contributed by atoms with E-state index in [4.69, 9.17) is 4.74 Å². The van der Waals surface area contributed by atoms with E-state index < -0.39 is 11.7 Å². The first-order valence-electron chi connectivity index (χ1n) is 11.9. The van der Waals surface area contributed by atoms with E-state index in [9.17, 15) is 18.0 Å². The van der Waals surface area contributed by atoms with Crippen LogP contribution in [0.3, 0.4) is 0 Å². The molecule has 0 unspecified atom stereocenters. The van der Waals surface area contributed by atoms with Gasteiger partial charge in [-0.1, -0.05) is 12.1 Å². The summed E-state index contributed by atoms with van der Waals surface area (Å²) in [4.78, 5) is 17.7. The fourth-order valence-corrected chi connectivity index (χ4v) is 4.70. The molecule has 0 radical (unpaired) electrons. The van der Waals surface area contributed by atoms with Gasteiger partial charge in [0.1, 0.15) is 12.4 Å². The van der Waals surface area contributed by atoms with Crippen molar-refractivity contribution in [3.05, 3.63) is 65.2 Å². The van der Waals surface area contributed by atoms with Crippen molar-refractivity contribution in [2.24, 2.45) is 0 Å². The lowest BCUT2D eigenvalue weighted by Gasteiger charge is -2.41. The van der Waals surface area contributed by atoms with Gasteiger partial charge in [0.25, 0.3) is 5.91 Å². The van der Waals surface area contributed by atoms with Crippen molar-refractivity contribution in [1.82, 2.24) is 15.1 Å². The van der Waals surface area contributed by atoms with Gasteiger partial charge in [-0.15, -0.1) is 12.4 Å². The molecule has 0 atom stereocenters. The fourth-order valence-electron chi connectivity index (χ4n) is 4.70. The minimum absolute atomic E-state index is 0. The molecule has 0 aromatic heterocycles. The summed E-state index contributed by atoms with van der Waals surface area (Å²) in [7, 11) is 2.18. The Labute approximate surface area is 211 Å². The van der Waals surface area contributed by atoms with Crippen LogP contribution in [-0.2, 0) is 12.8 Å². The molecule has 2 aromatic rings. The van der Waals surface area contributed by atoms with Crippen molar-refractivity contribution < 1.29 is 22.7 Å². The number of hydrogen-bond acceptors (Lipinski definition) is 4. The van der Waals surface area contributed by atoms with Gasteiger partial charge in [0, 0.05) is 30.7 Å². The largest absolute Gasteiger partial charge is 0.489 e. The van der Waals surface area contributed by atoms with E-state index in [-0.39, 0.29) is 31.0 Å². The Bertz CT molecular complexity index is 938. The first-order valence-corrected chi connectivity index (χ1v) is 11.9. The average Bonchev–Trinajstić information content (AvgIpc) is 2.84. The highest BCUT2D eigenvalue weighted by molar-refractivity contribution is 5.94. The maximum Gasteiger partial charge on any atom is 0.416 e. The molecule has 4 rings (SSSR count). The SMILES string of the molecule is CN1CCC(N2CCC(NC(=O)c3ccc(COc4ccc(C(F)(F)F)cc4)cc3)CC2)CC1.Cl. The number of nitrogens with one attached hydrogen (secondary N) is 1. The lowest BCUT2D eigenvalue weighted by Crippen LogP contribution is -2.50. The van der Waals surface area contributed by atoms with Crippen molar-refractivity contribution in [2.75, 3.05) is 33.2 Å². The van der Waals surface area contributed by atoms with Crippen LogP contribution in [0.1, 0.15) is 47.2 Å². The number of amides is 1. The molecule has 5 nitrogen and oxygen atoms in total. The molecule has 2 aromatic carbocycles. The number of halogens is 4. The first-order chi connectivity index (χ1) is 16.3. The molecule has 1 amide bonds. The molecule has 2 fully saturated rings. The molecule has 2 aliphatic heterocycles. The number of carbonyl (C=O) groups excluding carboxylic acids is 1. The second-order valence-electron chi connectivity index (χ2n) is 9.33. The van der Waals surface area contributed by atoms with Crippen LogP contribution in [0.2, 0.25) is 0 Å². The van der Waals surface area contributed by atoms with Crippen LogP contribution in [-0.4, -0.2) is 61.0 Å². The monoisotopic (exact) mass is 511 g/mol. The number of ether oxygens (including phenoxy) is 1. The molecule has 0 aliphatic carbocycles. The quantitative estimate of drug-likeness (QED) is 0.593. The third-order valence-electron chi connectivity index (χ3n) is 6.87. The zero-order valence-corrected chi connectivity index (χ0v) is 20.7. The normalized spacial score (nSPS) is 18.6. The number of carbonyl (C=O) groups is 1. The fraction of sp³-hybridized carbons (Fsp3) is 0.500. The second kappa shape index (κ2) is 12.1.